The van der Waals surface area contributed by atoms with Crippen LogP contribution < -0.4 is 4.72 Å². The second-order valence-electron chi connectivity index (χ2n) is 6.33. The second kappa shape index (κ2) is 7.94. The van der Waals surface area contributed by atoms with Crippen molar-refractivity contribution < 1.29 is 17.9 Å². The van der Waals surface area contributed by atoms with Crippen LogP contribution in [0.2, 0.25) is 0 Å². The molecule has 0 spiro atoms. The fourth-order valence-corrected chi connectivity index (χ4v) is 3.91. The number of hydrogen-bond acceptors (Lipinski definition) is 5. The lowest BCUT2D eigenvalue weighted by atomic mass is 10.1. The molecule has 27 heavy (non-hydrogen) atoms. The van der Waals surface area contributed by atoms with Crippen LogP contribution in [-0.2, 0) is 16.4 Å². The Kier molecular flexibility index (Phi) is 5.62. The van der Waals surface area contributed by atoms with E-state index in [0.29, 0.717) is 24.6 Å². The Balaban J connectivity index is 1.59. The highest BCUT2D eigenvalue weighted by Gasteiger charge is 2.15. The van der Waals surface area contributed by atoms with E-state index < -0.39 is 10.0 Å². The van der Waals surface area contributed by atoms with Crippen molar-refractivity contribution in [2.75, 3.05) is 6.54 Å². The molecule has 2 N–H and O–H groups in total. The van der Waals surface area contributed by atoms with Crippen LogP contribution in [0, 0.1) is 13.8 Å². The van der Waals surface area contributed by atoms with Crippen molar-refractivity contribution in [1.29, 1.82) is 0 Å². The average molecular weight is 386 g/mol. The number of nitrogens with zero attached hydrogens (tertiary/aromatic N) is 1. The van der Waals surface area contributed by atoms with Crippen molar-refractivity contribution in [2.24, 2.45) is 0 Å². The van der Waals surface area contributed by atoms with E-state index >= 15 is 0 Å². The van der Waals surface area contributed by atoms with Gasteiger partial charge in [-0.05, 0) is 49.6 Å². The van der Waals surface area contributed by atoms with Gasteiger partial charge < -0.3 is 9.52 Å². The largest absolute Gasteiger partial charge is 0.508 e. The number of aromatic hydroxyl groups is 1. The highest BCUT2D eigenvalue weighted by atomic mass is 32.2. The van der Waals surface area contributed by atoms with E-state index in [1.54, 1.807) is 43.3 Å². The molecule has 7 heteroatoms. The van der Waals surface area contributed by atoms with Gasteiger partial charge in [-0.15, -0.1) is 0 Å². The number of nitrogens with one attached hydrogen (secondary N) is 1. The van der Waals surface area contributed by atoms with Gasteiger partial charge in [-0.2, -0.15) is 0 Å². The Morgan fingerprint density at radius 3 is 2.30 bits per heavy atom. The maximum absolute atomic E-state index is 12.4. The van der Waals surface area contributed by atoms with E-state index in [0.717, 1.165) is 23.2 Å². The van der Waals surface area contributed by atoms with Crippen LogP contribution >= 0.6 is 0 Å². The molecule has 0 bridgehead atoms. The number of benzene rings is 2. The normalized spacial score (nSPS) is 11.6. The molecule has 0 amide bonds. The number of aryl methyl sites for hydroxylation is 3. The van der Waals surface area contributed by atoms with Crippen LogP contribution in [-0.4, -0.2) is 25.1 Å². The lowest BCUT2D eigenvalue weighted by molar-refractivity contribution is 0.475. The molecule has 0 saturated carbocycles. The van der Waals surface area contributed by atoms with E-state index in [9.17, 15) is 13.5 Å². The molecule has 0 aliphatic carbocycles. The summed E-state index contributed by atoms with van der Waals surface area (Å²) in [6.07, 6.45) is 1.39. The zero-order valence-corrected chi connectivity index (χ0v) is 16.1. The van der Waals surface area contributed by atoms with E-state index in [-0.39, 0.29) is 10.6 Å². The predicted octanol–water partition coefficient (Wildman–Crippen LogP) is 3.58. The van der Waals surface area contributed by atoms with Crippen LogP contribution in [0.4, 0.5) is 0 Å². The molecule has 2 aromatic carbocycles. The van der Waals surface area contributed by atoms with Crippen molar-refractivity contribution in [3.63, 3.8) is 0 Å². The summed E-state index contributed by atoms with van der Waals surface area (Å²) in [7, 11) is -3.56. The lowest BCUT2D eigenvalue weighted by Crippen LogP contribution is -2.25. The van der Waals surface area contributed by atoms with Crippen LogP contribution in [0.25, 0.3) is 11.3 Å². The molecule has 3 rings (SSSR count). The van der Waals surface area contributed by atoms with Crippen LogP contribution in [0.3, 0.4) is 0 Å². The van der Waals surface area contributed by atoms with Crippen molar-refractivity contribution in [3.8, 4) is 17.0 Å². The van der Waals surface area contributed by atoms with Gasteiger partial charge in [-0.1, -0.05) is 24.3 Å². The first kappa shape index (κ1) is 19.1. The number of aromatic nitrogens is 1. The molecule has 1 aromatic heterocycles. The first-order chi connectivity index (χ1) is 12.8. The fourth-order valence-electron chi connectivity index (χ4n) is 2.83. The first-order valence-electron chi connectivity index (χ1n) is 8.67. The van der Waals surface area contributed by atoms with Gasteiger partial charge in [-0.3, -0.25) is 0 Å². The molecular formula is C20H22N2O4S. The third-order valence-electron chi connectivity index (χ3n) is 4.21. The molecule has 0 radical (unpaired) electrons. The SMILES string of the molecule is Cc1nc(-c2ccc(S(=O)(=O)NCCCc3ccc(O)cc3)cc2)c(C)o1. The highest BCUT2D eigenvalue weighted by molar-refractivity contribution is 7.89. The molecule has 142 valence electrons. The summed E-state index contributed by atoms with van der Waals surface area (Å²) in [5.74, 6) is 1.50. The Bertz CT molecular complexity index is 1010. The summed E-state index contributed by atoms with van der Waals surface area (Å²) in [5, 5.41) is 9.27. The van der Waals surface area contributed by atoms with Gasteiger partial charge in [0.05, 0.1) is 4.90 Å². The standard InChI is InChI=1S/C20H22N2O4S/c1-14-20(22-15(2)26-14)17-7-11-19(12-8-17)27(24,25)21-13-3-4-16-5-9-18(23)10-6-16/h5-12,21,23H,3-4,13H2,1-2H3. The average Bonchev–Trinajstić information content (AvgIpc) is 2.98. The minimum Gasteiger partial charge on any atom is -0.508 e. The zero-order valence-electron chi connectivity index (χ0n) is 15.3. The Labute approximate surface area is 158 Å². The smallest absolute Gasteiger partial charge is 0.240 e. The number of hydrogen-bond donors (Lipinski definition) is 2. The lowest BCUT2D eigenvalue weighted by Gasteiger charge is -2.08. The molecule has 0 atom stereocenters. The minimum absolute atomic E-state index is 0.216. The van der Waals surface area contributed by atoms with Gasteiger partial charge in [0.25, 0.3) is 0 Å². The van der Waals surface area contributed by atoms with Crippen LogP contribution in [0.15, 0.2) is 57.8 Å². The van der Waals surface area contributed by atoms with Gasteiger partial charge >= 0.3 is 0 Å². The van der Waals surface area contributed by atoms with Gasteiger partial charge in [0.2, 0.25) is 10.0 Å². The summed E-state index contributed by atoms with van der Waals surface area (Å²) in [6.45, 7) is 3.94. The molecule has 0 aliphatic heterocycles. The molecule has 6 nitrogen and oxygen atoms in total. The molecule has 3 aromatic rings. The molecule has 0 unspecified atom stereocenters. The van der Waals surface area contributed by atoms with Crippen LogP contribution in [0.1, 0.15) is 23.6 Å². The second-order valence-corrected chi connectivity index (χ2v) is 8.10. The fraction of sp³-hybridized carbons (Fsp3) is 0.250. The monoisotopic (exact) mass is 386 g/mol. The maximum atomic E-state index is 12.4. The summed E-state index contributed by atoms with van der Waals surface area (Å²) in [4.78, 5) is 4.54. The third-order valence-corrected chi connectivity index (χ3v) is 5.69. The van der Waals surface area contributed by atoms with E-state index in [4.69, 9.17) is 4.42 Å². The topological polar surface area (TPSA) is 92.4 Å². The molecule has 0 fully saturated rings. The Morgan fingerprint density at radius 1 is 1.04 bits per heavy atom. The van der Waals surface area contributed by atoms with E-state index in [1.807, 2.05) is 19.1 Å². The number of phenolic OH excluding ortho intramolecular Hbond substituents is 1. The first-order valence-corrected chi connectivity index (χ1v) is 10.2. The molecule has 0 saturated heterocycles. The number of phenols is 1. The van der Waals surface area contributed by atoms with Crippen molar-refractivity contribution in [2.45, 2.75) is 31.6 Å². The van der Waals surface area contributed by atoms with Gasteiger partial charge in [-0.25, -0.2) is 18.1 Å². The van der Waals surface area contributed by atoms with Crippen molar-refractivity contribution in [3.05, 3.63) is 65.7 Å². The van der Waals surface area contributed by atoms with Gasteiger partial charge in [0, 0.05) is 19.0 Å². The highest BCUT2D eigenvalue weighted by Crippen LogP contribution is 2.24. The van der Waals surface area contributed by atoms with Crippen LogP contribution in [0.5, 0.6) is 5.75 Å². The molecule has 1 heterocycles. The van der Waals surface area contributed by atoms with Gasteiger partial charge in [0.15, 0.2) is 5.89 Å². The Morgan fingerprint density at radius 2 is 1.70 bits per heavy atom. The summed E-state index contributed by atoms with van der Waals surface area (Å²) >= 11 is 0. The van der Waals surface area contributed by atoms with E-state index in [2.05, 4.69) is 9.71 Å². The number of oxazole rings is 1. The predicted molar refractivity (Wildman–Crippen MR) is 103 cm³/mol. The number of rotatable bonds is 7. The Hall–Kier alpha value is -2.64. The van der Waals surface area contributed by atoms with Crippen molar-refractivity contribution in [1.82, 2.24) is 9.71 Å². The molecular weight excluding hydrogens is 364 g/mol. The zero-order chi connectivity index (χ0) is 19.4. The number of sulfonamides is 1. The summed E-state index contributed by atoms with van der Waals surface area (Å²) < 4.78 is 32.9. The third kappa shape index (κ3) is 4.75. The van der Waals surface area contributed by atoms with Crippen molar-refractivity contribution >= 4 is 10.0 Å². The summed E-state index contributed by atoms with van der Waals surface area (Å²) in [5.41, 5.74) is 2.59. The van der Waals surface area contributed by atoms with Gasteiger partial charge in [0.1, 0.15) is 17.2 Å². The summed E-state index contributed by atoms with van der Waals surface area (Å²) in [6, 6.07) is 13.5. The van der Waals surface area contributed by atoms with E-state index in [1.165, 1.54) is 0 Å². The quantitative estimate of drug-likeness (QED) is 0.606. The molecule has 0 aliphatic rings. The minimum atomic E-state index is -3.56. The maximum Gasteiger partial charge on any atom is 0.240 e.